The zero-order valence-electron chi connectivity index (χ0n) is 13.6. The van der Waals surface area contributed by atoms with E-state index in [-0.39, 0.29) is 5.41 Å². The van der Waals surface area contributed by atoms with E-state index in [9.17, 15) is 0 Å². The lowest BCUT2D eigenvalue weighted by Gasteiger charge is -2.55. The molecule has 0 radical (unpaired) electrons. The summed E-state index contributed by atoms with van der Waals surface area (Å²) in [4.78, 5) is 9.19. The van der Waals surface area contributed by atoms with Crippen LogP contribution in [0.1, 0.15) is 26.2 Å². The van der Waals surface area contributed by atoms with Gasteiger partial charge < -0.3 is 19.3 Å². The van der Waals surface area contributed by atoms with Crippen LogP contribution < -0.4 is 0 Å². The molecule has 0 amide bonds. The second kappa shape index (κ2) is 6.31. The smallest absolute Gasteiger partial charge is 0.195 e. The predicted octanol–water partition coefficient (Wildman–Crippen LogP) is 1.44. The van der Waals surface area contributed by atoms with Gasteiger partial charge in [0.25, 0.3) is 0 Å². The molecule has 0 bridgehead atoms. The van der Waals surface area contributed by atoms with Gasteiger partial charge in [0.15, 0.2) is 5.96 Å². The highest BCUT2D eigenvalue weighted by Gasteiger charge is 2.56. The first-order chi connectivity index (χ1) is 9.51. The van der Waals surface area contributed by atoms with E-state index in [0.717, 1.165) is 45.0 Å². The van der Waals surface area contributed by atoms with E-state index in [1.54, 1.807) is 0 Å². The van der Waals surface area contributed by atoms with E-state index in [1.165, 1.54) is 0 Å². The summed E-state index contributed by atoms with van der Waals surface area (Å²) >= 11 is 0. The van der Waals surface area contributed by atoms with Crippen molar-refractivity contribution in [1.82, 2.24) is 9.80 Å². The van der Waals surface area contributed by atoms with Gasteiger partial charge in [0, 0.05) is 53.4 Å². The van der Waals surface area contributed by atoms with E-state index < -0.39 is 0 Å². The number of aliphatic imine (C=N–C) groups is 1. The lowest BCUT2D eigenvalue weighted by Crippen LogP contribution is -2.60. The summed E-state index contributed by atoms with van der Waals surface area (Å²) in [7, 11) is 8.20. The van der Waals surface area contributed by atoms with Crippen LogP contribution >= 0.6 is 0 Å². The number of hydrogen-bond acceptors (Lipinski definition) is 3. The molecule has 5 heteroatoms. The lowest BCUT2D eigenvalue weighted by molar-refractivity contribution is -0.163. The van der Waals surface area contributed by atoms with Crippen LogP contribution in [0.15, 0.2) is 4.99 Å². The van der Waals surface area contributed by atoms with Gasteiger partial charge in [-0.15, -0.1) is 0 Å². The first-order valence-electron chi connectivity index (χ1n) is 7.63. The summed E-state index contributed by atoms with van der Waals surface area (Å²) in [5.41, 5.74) is 0.200. The maximum atomic E-state index is 5.95. The first-order valence-corrected chi connectivity index (χ1v) is 7.63. The average molecular weight is 283 g/mol. The fourth-order valence-corrected chi connectivity index (χ4v) is 3.52. The molecule has 0 aromatic rings. The van der Waals surface area contributed by atoms with Crippen LogP contribution in [0.3, 0.4) is 0 Å². The molecular weight excluding hydrogens is 254 g/mol. The van der Waals surface area contributed by atoms with Crippen molar-refractivity contribution in [1.29, 1.82) is 0 Å². The number of guanidine groups is 1. The van der Waals surface area contributed by atoms with Gasteiger partial charge in [-0.25, -0.2) is 4.99 Å². The molecule has 2 atom stereocenters. The third-order valence-corrected chi connectivity index (χ3v) is 4.61. The third-order valence-electron chi connectivity index (χ3n) is 4.61. The molecule has 2 rings (SSSR count). The molecule has 0 unspecified atom stereocenters. The van der Waals surface area contributed by atoms with Gasteiger partial charge in [-0.1, -0.05) is 0 Å². The Labute approximate surface area is 122 Å². The summed E-state index contributed by atoms with van der Waals surface area (Å²) in [5.74, 6) is 1.04. The van der Waals surface area contributed by atoms with Gasteiger partial charge >= 0.3 is 0 Å². The van der Waals surface area contributed by atoms with Gasteiger partial charge in [-0.3, -0.25) is 0 Å². The van der Waals surface area contributed by atoms with Crippen molar-refractivity contribution in [3.63, 3.8) is 0 Å². The Bertz CT molecular complexity index is 339. The molecule has 1 aliphatic carbocycles. The Morgan fingerprint density at radius 3 is 2.30 bits per heavy atom. The van der Waals surface area contributed by atoms with Gasteiger partial charge in [0.1, 0.15) is 0 Å². The van der Waals surface area contributed by atoms with Crippen molar-refractivity contribution < 1.29 is 9.47 Å². The molecule has 1 heterocycles. The summed E-state index contributed by atoms with van der Waals surface area (Å²) in [6, 6.07) is 0.364. The molecule has 1 saturated heterocycles. The first kappa shape index (κ1) is 15.6. The van der Waals surface area contributed by atoms with Gasteiger partial charge in [0.2, 0.25) is 0 Å². The highest BCUT2D eigenvalue weighted by atomic mass is 16.5. The summed E-state index contributed by atoms with van der Waals surface area (Å²) in [6.45, 7) is 4.55. The van der Waals surface area contributed by atoms with Crippen molar-refractivity contribution >= 4 is 5.96 Å². The Morgan fingerprint density at radius 2 is 1.80 bits per heavy atom. The number of ether oxygens (including phenoxy) is 2. The standard InChI is InChI=1S/C15H29N3O2/c1-6-20-13-11-12(15(13)7-9-19-10-8-15)16-14(17(2)3)18(4)5/h12-13H,6-11H2,1-5H3/t12-,13+/m1/s1. The Morgan fingerprint density at radius 1 is 1.20 bits per heavy atom. The number of nitrogens with zero attached hydrogens (tertiary/aromatic N) is 3. The molecule has 2 fully saturated rings. The number of hydrogen-bond donors (Lipinski definition) is 0. The highest BCUT2D eigenvalue weighted by molar-refractivity contribution is 5.79. The van der Waals surface area contributed by atoms with Crippen molar-refractivity contribution in [3.05, 3.63) is 0 Å². The molecule has 0 aromatic heterocycles. The van der Waals surface area contributed by atoms with Crippen LogP contribution in [0, 0.1) is 5.41 Å². The zero-order valence-corrected chi connectivity index (χ0v) is 13.6. The fourth-order valence-electron chi connectivity index (χ4n) is 3.52. The summed E-state index contributed by atoms with van der Waals surface area (Å²) in [6.07, 6.45) is 3.54. The second-order valence-electron chi connectivity index (χ2n) is 6.26. The number of rotatable bonds is 3. The predicted molar refractivity (Wildman–Crippen MR) is 81.1 cm³/mol. The normalized spacial score (nSPS) is 27.9. The molecule has 2 aliphatic rings. The lowest BCUT2D eigenvalue weighted by atomic mass is 9.58. The van der Waals surface area contributed by atoms with Crippen LogP contribution in [-0.2, 0) is 9.47 Å². The molecule has 1 spiro atoms. The van der Waals surface area contributed by atoms with Crippen LogP contribution in [0.4, 0.5) is 0 Å². The Kier molecular flexibility index (Phi) is 4.91. The van der Waals surface area contributed by atoms with Crippen LogP contribution in [0.2, 0.25) is 0 Å². The molecule has 1 aliphatic heterocycles. The van der Waals surface area contributed by atoms with Crippen molar-refractivity contribution in [2.24, 2.45) is 10.4 Å². The molecule has 5 nitrogen and oxygen atoms in total. The van der Waals surface area contributed by atoms with E-state index in [1.807, 2.05) is 28.2 Å². The average Bonchev–Trinajstić information content (AvgIpc) is 2.42. The molecule has 1 saturated carbocycles. The quantitative estimate of drug-likeness (QED) is 0.580. The molecule has 0 N–H and O–H groups in total. The maximum Gasteiger partial charge on any atom is 0.195 e. The van der Waals surface area contributed by atoms with Crippen LogP contribution in [0.25, 0.3) is 0 Å². The highest BCUT2D eigenvalue weighted by Crippen LogP contribution is 2.52. The van der Waals surface area contributed by atoms with Gasteiger partial charge in [-0.2, -0.15) is 0 Å². The SMILES string of the molecule is CCO[C@H]1C[C@@H](N=C(N(C)C)N(C)C)C12CCOCC2. The van der Waals surface area contributed by atoms with E-state index in [2.05, 4.69) is 16.7 Å². The van der Waals surface area contributed by atoms with E-state index >= 15 is 0 Å². The minimum Gasteiger partial charge on any atom is -0.381 e. The Hall–Kier alpha value is -0.810. The maximum absolute atomic E-state index is 5.95. The van der Waals surface area contributed by atoms with Gasteiger partial charge in [-0.05, 0) is 26.2 Å². The molecule has 0 aromatic carbocycles. The third kappa shape index (κ3) is 2.79. The summed E-state index contributed by atoms with van der Waals surface area (Å²) in [5, 5.41) is 0. The van der Waals surface area contributed by atoms with Gasteiger partial charge in [0.05, 0.1) is 12.1 Å². The molecule has 20 heavy (non-hydrogen) atoms. The minimum atomic E-state index is 0.200. The minimum absolute atomic E-state index is 0.200. The monoisotopic (exact) mass is 283 g/mol. The second-order valence-corrected chi connectivity index (χ2v) is 6.26. The van der Waals surface area contributed by atoms with Crippen LogP contribution in [-0.4, -0.2) is 75.9 Å². The van der Waals surface area contributed by atoms with E-state index in [0.29, 0.717) is 12.1 Å². The summed E-state index contributed by atoms with van der Waals surface area (Å²) < 4.78 is 11.5. The molecule has 116 valence electrons. The topological polar surface area (TPSA) is 37.3 Å². The Balaban J connectivity index is 2.17. The zero-order chi connectivity index (χ0) is 14.8. The molecular formula is C15H29N3O2. The van der Waals surface area contributed by atoms with Crippen molar-refractivity contribution in [2.45, 2.75) is 38.3 Å². The van der Waals surface area contributed by atoms with Crippen molar-refractivity contribution in [2.75, 3.05) is 48.0 Å². The fraction of sp³-hybridized carbons (Fsp3) is 0.933. The van der Waals surface area contributed by atoms with Crippen LogP contribution in [0.5, 0.6) is 0 Å². The van der Waals surface area contributed by atoms with Crippen molar-refractivity contribution in [3.8, 4) is 0 Å². The van der Waals surface area contributed by atoms with E-state index in [4.69, 9.17) is 14.5 Å². The largest absolute Gasteiger partial charge is 0.381 e.